The molecule has 3 rings (SSSR count). The maximum absolute atomic E-state index is 12.9. The van der Waals surface area contributed by atoms with Gasteiger partial charge >= 0.3 is 0 Å². The number of fused-ring (bicyclic) bond motifs is 1. The first-order chi connectivity index (χ1) is 12.9. The molecule has 1 aliphatic carbocycles. The fourth-order valence-electron chi connectivity index (χ4n) is 3.90. The zero-order chi connectivity index (χ0) is 19.6. The van der Waals surface area contributed by atoms with Crippen LogP contribution in [0.2, 0.25) is 0 Å². The van der Waals surface area contributed by atoms with Crippen LogP contribution in [0.25, 0.3) is 0 Å². The number of hydrogen-bond acceptors (Lipinski definition) is 4. The van der Waals surface area contributed by atoms with E-state index in [0.29, 0.717) is 19.3 Å². The van der Waals surface area contributed by atoms with Crippen molar-refractivity contribution < 1.29 is 14.4 Å². The Hall–Kier alpha value is -2.50. The highest BCUT2D eigenvalue weighted by atomic mass is 16.2. The standard InChI is InChI=1S/C21H27N3O3/c1-13(2)11-18(19(25)23-12-17-14(3)7-6-10-22-17)24-20(26)15-8-4-5-9-16(15)21(24)27/h4-7,10,13,15-16,18H,8-9,11-12H2,1-3H3,(H,23,25)/t15-,16-,18+/m1/s1. The Labute approximate surface area is 160 Å². The molecule has 1 saturated heterocycles. The van der Waals surface area contributed by atoms with E-state index in [-0.39, 0.29) is 42.0 Å². The fourth-order valence-corrected chi connectivity index (χ4v) is 3.90. The van der Waals surface area contributed by atoms with Gasteiger partial charge in [-0.25, -0.2) is 0 Å². The summed E-state index contributed by atoms with van der Waals surface area (Å²) in [6.45, 7) is 6.20. The summed E-state index contributed by atoms with van der Waals surface area (Å²) in [6.07, 6.45) is 7.21. The molecule has 1 N–H and O–H groups in total. The summed E-state index contributed by atoms with van der Waals surface area (Å²) in [5.41, 5.74) is 1.77. The van der Waals surface area contributed by atoms with E-state index < -0.39 is 6.04 Å². The van der Waals surface area contributed by atoms with Gasteiger partial charge in [0.15, 0.2) is 0 Å². The van der Waals surface area contributed by atoms with Crippen molar-refractivity contribution >= 4 is 17.7 Å². The predicted octanol–water partition coefficient (Wildman–Crippen LogP) is 2.37. The average molecular weight is 369 g/mol. The summed E-state index contributed by atoms with van der Waals surface area (Å²) in [5.74, 6) is -1.15. The number of allylic oxidation sites excluding steroid dienone is 2. The van der Waals surface area contributed by atoms with Crippen LogP contribution in [0.1, 0.15) is 44.4 Å². The summed E-state index contributed by atoms with van der Waals surface area (Å²) in [5, 5.41) is 2.88. The van der Waals surface area contributed by atoms with E-state index in [2.05, 4.69) is 10.3 Å². The largest absolute Gasteiger partial charge is 0.349 e. The van der Waals surface area contributed by atoms with Crippen molar-refractivity contribution in [2.45, 2.75) is 52.6 Å². The van der Waals surface area contributed by atoms with Crippen LogP contribution >= 0.6 is 0 Å². The van der Waals surface area contributed by atoms with E-state index in [1.54, 1.807) is 6.20 Å². The zero-order valence-electron chi connectivity index (χ0n) is 16.1. The average Bonchev–Trinajstić information content (AvgIpc) is 2.90. The first kappa shape index (κ1) is 19.3. The van der Waals surface area contributed by atoms with Crippen LogP contribution in [-0.4, -0.2) is 33.6 Å². The van der Waals surface area contributed by atoms with Crippen LogP contribution < -0.4 is 5.32 Å². The maximum atomic E-state index is 12.9. The van der Waals surface area contributed by atoms with E-state index >= 15 is 0 Å². The number of amides is 3. The number of likely N-dealkylation sites (tertiary alicyclic amines) is 1. The van der Waals surface area contributed by atoms with E-state index in [1.807, 2.05) is 45.1 Å². The van der Waals surface area contributed by atoms with Crippen molar-refractivity contribution in [3.8, 4) is 0 Å². The Morgan fingerprint density at radius 3 is 2.41 bits per heavy atom. The highest BCUT2D eigenvalue weighted by Crippen LogP contribution is 2.37. The lowest BCUT2D eigenvalue weighted by molar-refractivity contribution is -0.148. The molecule has 0 unspecified atom stereocenters. The van der Waals surface area contributed by atoms with E-state index in [0.717, 1.165) is 11.3 Å². The second-order valence-corrected chi connectivity index (χ2v) is 7.83. The van der Waals surface area contributed by atoms with Crippen molar-refractivity contribution in [1.82, 2.24) is 15.2 Å². The molecule has 2 aliphatic rings. The maximum Gasteiger partial charge on any atom is 0.243 e. The molecule has 2 heterocycles. The van der Waals surface area contributed by atoms with Gasteiger partial charge in [-0.1, -0.05) is 32.1 Å². The van der Waals surface area contributed by atoms with Crippen molar-refractivity contribution in [1.29, 1.82) is 0 Å². The first-order valence-electron chi connectivity index (χ1n) is 9.60. The molecule has 0 bridgehead atoms. The molecular weight excluding hydrogens is 342 g/mol. The normalized spacial score (nSPS) is 22.9. The lowest BCUT2D eigenvalue weighted by atomic mass is 9.85. The number of carbonyl (C=O) groups is 3. The van der Waals surface area contributed by atoms with Crippen molar-refractivity contribution in [3.05, 3.63) is 41.7 Å². The predicted molar refractivity (Wildman–Crippen MR) is 101 cm³/mol. The van der Waals surface area contributed by atoms with Crippen molar-refractivity contribution in [2.75, 3.05) is 0 Å². The molecule has 144 valence electrons. The van der Waals surface area contributed by atoms with Gasteiger partial charge in [-0.2, -0.15) is 0 Å². The van der Waals surface area contributed by atoms with Crippen LogP contribution in [0.4, 0.5) is 0 Å². The molecular formula is C21H27N3O3. The first-order valence-corrected chi connectivity index (χ1v) is 9.60. The van der Waals surface area contributed by atoms with Gasteiger partial charge in [0.1, 0.15) is 6.04 Å². The van der Waals surface area contributed by atoms with Crippen molar-refractivity contribution in [3.63, 3.8) is 0 Å². The zero-order valence-corrected chi connectivity index (χ0v) is 16.1. The molecule has 0 aromatic carbocycles. The van der Waals surface area contributed by atoms with Gasteiger partial charge in [0.25, 0.3) is 0 Å². The Balaban J connectivity index is 1.77. The number of aromatic nitrogens is 1. The monoisotopic (exact) mass is 369 g/mol. The molecule has 1 aromatic heterocycles. The van der Waals surface area contributed by atoms with Crippen molar-refractivity contribution in [2.24, 2.45) is 17.8 Å². The third kappa shape index (κ3) is 3.94. The molecule has 6 nitrogen and oxygen atoms in total. The molecule has 1 aromatic rings. The van der Waals surface area contributed by atoms with Gasteiger partial charge in [0.05, 0.1) is 24.1 Å². The SMILES string of the molecule is Cc1cccnc1CNC(=O)[C@H](CC(C)C)N1C(=O)[C@@H]2CC=CC[C@H]2C1=O. The van der Waals surface area contributed by atoms with E-state index in [9.17, 15) is 14.4 Å². The number of rotatable bonds is 6. The topological polar surface area (TPSA) is 79.4 Å². The Bertz CT molecular complexity index is 746. The van der Waals surface area contributed by atoms with Crippen LogP contribution in [-0.2, 0) is 20.9 Å². The number of pyridine rings is 1. The van der Waals surface area contributed by atoms with Crippen LogP contribution in [0.3, 0.4) is 0 Å². The molecule has 6 heteroatoms. The number of aryl methyl sites for hydroxylation is 1. The number of imide groups is 1. The van der Waals surface area contributed by atoms with Crippen LogP contribution in [0, 0.1) is 24.7 Å². The minimum absolute atomic E-state index is 0.179. The molecule has 1 aliphatic heterocycles. The third-order valence-electron chi connectivity index (χ3n) is 5.40. The lowest BCUT2D eigenvalue weighted by Gasteiger charge is -2.27. The fraction of sp³-hybridized carbons (Fsp3) is 0.524. The summed E-state index contributed by atoms with van der Waals surface area (Å²) in [4.78, 5) is 44.2. The Morgan fingerprint density at radius 1 is 1.22 bits per heavy atom. The van der Waals surface area contributed by atoms with Gasteiger partial charge in [-0.05, 0) is 43.7 Å². The summed E-state index contributed by atoms with van der Waals surface area (Å²) in [7, 11) is 0. The minimum Gasteiger partial charge on any atom is -0.349 e. The quantitative estimate of drug-likeness (QED) is 0.617. The van der Waals surface area contributed by atoms with Crippen LogP contribution in [0.15, 0.2) is 30.5 Å². The number of nitrogens with zero attached hydrogens (tertiary/aromatic N) is 2. The molecule has 0 saturated carbocycles. The molecule has 0 spiro atoms. The highest BCUT2D eigenvalue weighted by Gasteiger charge is 2.51. The minimum atomic E-state index is -0.764. The number of hydrogen-bond donors (Lipinski definition) is 1. The van der Waals surface area contributed by atoms with Gasteiger partial charge in [0, 0.05) is 6.20 Å². The molecule has 3 atom stereocenters. The molecule has 0 radical (unpaired) electrons. The third-order valence-corrected chi connectivity index (χ3v) is 5.40. The summed E-state index contributed by atoms with van der Waals surface area (Å²) < 4.78 is 0. The summed E-state index contributed by atoms with van der Waals surface area (Å²) >= 11 is 0. The van der Waals surface area contributed by atoms with Gasteiger partial charge in [-0.3, -0.25) is 24.3 Å². The highest BCUT2D eigenvalue weighted by molar-refractivity contribution is 6.08. The molecule has 1 fully saturated rings. The second-order valence-electron chi connectivity index (χ2n) is 7.83. The second kappa shape index (κ2) is 8.03. The summed E-state index contributed by atoms with van der Waals surface area (Å²) in [6, 6.07) is 3.02. The van der Waals surface area contributed by atoms with Gasteiger partial charge in [-0.15, -0.1) is 0 Å². The number of carbonyl (C=O) groups excluding carboxylic acids is 3. The molecule has 27 heavy (non-hydrogen) atoms. The smallest absolute Gasteiger partial charge is 0.243 e. The Kier molecular flexibility index (Phi) is 5.73. The number of nitrogens with one attached hydrogen (secondary N) is 1. The van der Waals surface area contributed by atoms with E-state index in [1.165, 1.54) is 4.90 Å². The van der Waals surface area contributed by atoms with Gasteiger partial charge < -0.3 is 5.32 Å². The molecule has 3 amide bonds. The lowest BCUT2D eigenvalue weighted by Crippen LogP contribution is -2.50. The van der Waals surface area contributed by atoms with E-state index in [4.69, 9.17) is 0 Å². The Morgan fingerprint density at radius 2 is 1.85 bits per heavy atom. The van der Waals surface area contributed by atoms with Gasteiger partial charge in [0.2, 0.25) is 17.7 Å². The van der Waals surface area contributed by atoms with Crippen LogP contribution in [0.5, 0.6) is 0 Å².